The summed E-state index contributed by atoms with van der Waals surface area (Å²) in [4.78, 5) is 4.62. The van der Waals surface area contributed by atoms with Gasteiger partial charge in [-0.1, -0.05) is 44.2 Å². The second-order valence-electron chi connectivity index (χ2n) is 6.17. The Morgan fingerprint density at radius 1 is 1.00 bits per heavy atom. The van der Waals surface area contributed by atoms with Gasteiger partial charge in [-0.15, -0.1) is 0 Å². The second-order valence-corrected chi connectivity index (χ2v) is 6.17. The van der Waals surface area contributed by atoms with Crippen LogP contribution in [-0.2, 0) is 5.60 Å². The van der Waals surface area contributed by atoms with Gasteiger partial charge >= 0.3 is 0 Å². The first kappa shape index (κ1) is 14.7. The van der Waals surface area contributed by atoms with E-state index in [-0.39, 0.29) is 0 Å². The van der Waals surface area contributed by atoms with E-state index in [0.717, 1.165) is 22.5 Å². The van der Waals surface area contributed by atoms with E-state index in [1.165, 1.54) is 5.56 Å². The predicted molar refractivity (Wildman–Crippen MR) is 83.7 cm³/mol. The zero-order chi connectivity index (χ0) is 14.9. The Bertz CT molecular complexity index is 592. The predicted octanol–water partition coefficient (Wildman–Crippen LogP) is 4.41. The van der Waals surface area contributed by atoms with Gasteiger partial charge in [0.2, 0.25) is 0 Å². The highest BCUT2D eigenvalue weighted by molar-refractivity contribution is 5.60. The first-order chi connectivity index (χ1) is 9.29. The molecule has 2 aromatic rings. The van der Waals surface area contributed by atoms with E-state index in [1.807, 2.05) is 19.1 Å². The van der Waals surface area contributed by atoms with E-state index in [1.54, 1.807) is 13.8 Å². The fourth-order valence-corrected chi connectivity index (χ4v) is 2.41. The maximum atomic E-state index is 10.1. The molecule has 0 atom stereocenters. The van der Waals surface area contributed by atoms with Crippen LogP contribution in [0, 0.1) is 6.92 Å². The quantitative estimate of drug-likeness (QED) is 0.895. The summed E-state index contributed by atoms with van der Waals surface area (Å²) in [5.41, 5.74) is 4.30. The van der Waals surface area contributed by atoms with Crippen LogP contribution in [0.1, 0.15) is 50.4 Å². The topological polar surface area (TPSA) is 33.1 Å². The van der Waals surface area contributed by atoms with Crippen molar-refractivity contribution in [3.63, 3.8) is 0 Å². The Morgan fingerprint density at radius 2 is 1.60 bits per heavy atom. The third-order valence-electron chi connectivity index (χ3n) is 3.62. The molecule has 0 fully saturated rings. The van der Waals surface area contributed by atoms with Gasteiger partial charge < -0.3 is 5.11 Å². The minimum atomic E-state index is -0.850. The molecule has 1 aromatic carbocycles. The van der Waals surface area contributed by atoms with E-state index in [4.69, 9.17) is 0 Å². The summed E-state index contributed by atoms with van der Waals surface area (Å²) in [6, 6.07) is 12.5. The van der Waals surface area contributed by atoms with Crippen LogP contribution in [-0.4, -0.2) is 10.1 Å². The molecule has 0 saturated carbocycles. The highest BCUT2D eigenvalue weighted by Gasteiger charge is 2.19. The highest BCUT2D eigenvalue weighted by Crippen LogP contribution is 2.26. The maximum Gasteiger partial charge on any atom is 0.0857 e. The maximum absolute atomic E-state index is 10.1. The van der Waals surface area contributed by atoms with Gasteiger partial charge in [-0.25, -0.2) is 0 Å². The normalized spacial score (nSPS) is 11.9. The fraction of sp³-hybridized carbons (Fsp3) is 0.389. The van der Waals surface area contributed by atoms with Gasteiger partial charge in [-0.3, -0.25) is 4.98 Å². The van der Waals surface area contributed by atoms with Crippen LogP contribution in [0.2, 0.25) is 0 Å². The molecule has 1 aromatic heterocycles. The van der Waals surface area contributed by atoms with Crippen molar-refractivity contribution in [1.29, 1.82) is 0 Å². The Morgan fingerprint density at radius 3 is 2.05 bits per heavy atom. The van der Waals surface area contributed by atoms with Crippen LogP contribution in [0.25, 0.3) is 11.3 Å². The minimum absolute atomic E-state index is 0.538. The number of hydrogen-bond donors (Lipinski definition) is 1. The van der Waals surface area contributed by atoms with Crippen LogP contribution in [0.15, 0.2) is 36.4 Å². The Kier molecular flexibility index (Phi) is 3.96. The van der Waals surface area contributed by atoms with Crippen LogP contribution < -0.4 is 0 Å². The number of aromatic nitrogens is 1. The van der Waals surface area contributed by atoms with E-state index in [2.05, 4.69) is 43.1 Å². The molecule has 0 saturated heterocycles. The number of aliphatic hydroxyl groups is 1. The lowest BCUT2D eigenvalue weighted by Gasteiger charge is -2.20. The van der Waals surface area contributed by atoms with Crippen molar-refractivity contribution in [2.45, 2.75) is 46.1 Å². The SMILES string of the molecule is Cc1nc(-c2ccc(C(C)C)cc2)ccc1C(C)(C)O. The van der Waals surface area contributed by atoms with E-state index >= 15 is 0 Å². The lowest BCUT2D eigenvalue weighted by molar-refractivity contribution is 0.0775. The number of nitrogens with zero attached hydrogens (tertiary/aromatic N) is 1. The molecule has 2 nitrogen and oxygen atoms in total. The molecule has 0 radical (unpaired) electrons. The second kappa shape index (κ2) is 5.37. The van der Waals surface area contributed by atoms with Crippen molar-refractivity contribution in [2.75, 3.05) is 0 Å². The summed E-state index contributed by atoms with van der Waals surface area (Å²) in [6.45, 7) is 9.90. The minimum Gasteiger partial charge on any atom is -0.386 e. The molecule has 0 bridgehead atoms. The number of rotatable bonds is 3. The monoisotopic (exact) mass is 269 g/mol. The van der Waals surface area contributed by atoms with Crippen molar-refractivity contribution in [1.82, 2.24) is 4.98 Å². The van der Waals surface area contributed by atoms with Crippen molar-refractivity contribution in [3.05, 3.63) is 53.2 Å². The fourth-order valence-electron chi connectivity index (χ4n) is 2.41. The van der Waals surface area contributed by atoms with E-state index in [0.29, 0.717) is 5.92 Å². The van der Waals surface area contributed by atoms with Crippen LogP contribution in [0.4, 0.5) is 0 Å². The standard InChI is InChI=1S/C18H23NO/c1-12(2)14-6-8-15(9-7-14)17-11-10-16(13(3)19-17)18(4,5)20/h6-12,20H,1-5H3. The zero-order valence-electron chi connectivity index (χ0n) is 12.9. The Balaban J connectivity index is 2.37. The first-order valence-electron chi connectivity index (χ1n) is 7.10. The zero-order valence-corrected chi connectivity index (χ0v) is 12.9. The molecule has 2 rings (SSSR count). The average Bonchev–Trinajstić information content (AvgIpc) is 2.37. The van der Waals surface area contributed by atoms with Crippen molar-refractivity contribution >= 4 is 0 Å². The summed E-state index contributed by atoms with van der Waals surface area (Å²) in [7, 11) is 0. The number of benzene rings is 1. The molecule has 0 aliphatic rings. The van der Waals surface area contributed by atoms with Crippen LogP contribution in [0.5, 0.6) is 0 Å². The number of pyridine rings is 1. The molecule has 0 unspecified atom stereocenters. The third-order valence-corrected chi connectivity index (χ3v) is 3.62. The van der Waals surface area contributed by atoms with Crippen molar-refractivity contribution < 1.29 is 5.11 Å². The Hall–Kier alpha value is -1.67. The van der Waals surface area contributed by atoms with Crippen molar-refractivity contribution in [3.8, 4) is 11.3 Å². The van der Waals surface area contributed by atoms with Crippen LogP contribution >= 0.6 is 0 Å². The molecule has 20 heavy (non-hydrogen) atoms. The van der Waals surface area contributed by atoms with Gasteiger partial charge in [0.1, 0.15) is 0 Å². The molecule has 0 spiro atoms. The van der Waals surface area contributed by atoms with Gasteiger partial charge in [0.15, 0.2) is 0 Å². The summed E-state index contributed by atoms with van der Waals surface area (Å²) >= 11 is 0. The molecule has 0 aliphatic heterocycles. The lowest BCUT2D eigenvalue weighted by atomic mass is 9.95. The van der Waals surface area contributed by atoms with Gasteiger partial charge in [0.25, 0.3) is 0 Å². The third kappa shape index (κ3) is 3.07. The molecular formula is C18H23NO. The summed E-state index contributed by atoms with van der Waals surface area (Å²) in [5.74, 6) is 0.538. The largest absolute Gasteiger partial charge is 0.386 e. The highest BCUT2D eigenvalue weighted by atomic mass is 16.3. The van der Waals surface area contributed by atoms with Gasteiger partial charge in [-0.05, 0) is 38.3 Å². The molecule has 0 aliphatic carbocycles. The number of aryl methyl sites for hydroxylation is 1. The first-order valence-corrected chi connectivity index (χ1v) is 7.10. The summed E-state index contributed by atoms with van der Waals surface area (Å²) in [6.07, 6.45) is 0. The average molecular weight is 269 g/mol. The molecule has 0 amide bonds. The molecular weight excluding hydrogens is 246 g/mol. The van der Waals surface area contributed by atoms with Gasteiger partial charge in [0, 0.05) is 16.8 Å². The van der Waals surface area contributed by atoms with E-state index < -0.39 is 5.60 Å². The van der Waals surface area contributed by atoms with Gasteiger partial charge in [0.05, 0.1) is 11.3 Å². The molecule has 1 heterocycles. The smallest absolute Gasteiger partial charge is 0.0857 e. The van der Waals surface area contributed by atoms with E-state index in [9.17, 15) is 5.11 Å². The summed E-state index contributed by atoms with van der Waals surface area (Å²) < 4.78 is 0. The lowest BCUT2D eigenvalue weighted by Crippen LogP contribution is -2.17. The summed E-state index contributed by atoms with van der Waals surface area (Å²) in [5, 5.41) is 10.1. The number of hydrogen-bond acceptors (Lipinski definition) is 2. The van der Waals surface area contributed by atoms with Gasteiger partial charge in [-0.2, -0.15) is 0 Å². The Labute approximate surface area is 121 Å². The van der Waals surface area contributed by atoms with Crippen LogP contribution in [0.3, 0.4) is 0 Å². The molecule has 2 heteroatoms. The molecule has 1 N–H and O–H groups in total. The van der Waals surface area contributed by atoms with Crippen molar-refractivity contribution in [2.24, 2.45) is 0 Å². The molecule has 106 valence electrons.